The van der Waals surface area contributed by atoms with Gasteiger partial charge in [0.15, 0.2) is 0 Å². The lowest BCUT2D eigenvalue weighted by molar-refractivity contribution is -0.139. The molecule has 174 valence electrons. The Balaban J connectivity index is 1.24. The monoisotopic (exact) mass is 446 g/mol. The third-order valence-corrected chi connectivity index (χ3v) is 6.54. The number of carbonyl (C=O) groups excluding carboxylic acids is 2. The molecule has 2 amide bonds. The molecule has 2 saturated heterocycles. The number of benzene rings is 2. The maximum Gasteiger partial charge on any atom is 0.237 e. The van der Waals surface area contributed by atoms with Crippen LogP contribution in [-0.4, -0.2) is 84.9 Å². The van der Waals surface area contributed by atoms with E-state index in [0.717, 1.165) is 52.2 Å². The van der Waals surface area contributed by atoms with Gasteiger partial charge < -0.3 is 10.2 Å². The van der Waals surface area contributed by atoms with Gasteiger partial charge in [0, 0.05) is 52.4 Å². The van der Waals surface area contributed by atoms with Gasteiger partial charge in [-0.05, 0) is 17.5 Å². The van der Waals surface area contributed by atoms with Crippen LogP contribution in [0.1, 0.15) is 17.5 Å². The van der Waals surface area contributed by atoms with Gasteiger partial charge in [-0.25, -0.2) is 0 Å². The minimum Gasteiger partial charge on any atom is -0.353 e. The van der Waals surface area contributed by atoms with Gasteiger partial charge in [0.2, 0.25) is 11.8 Å². The smallest absolute Gasteiger partial charge is 0.237 e. The molecule has 6 nitrogen and oxygen atoms in total. The van der Waals surface area contributed by atoms with Crippen LogP contribution in [0, 0.1) is 0 Å². The van der Waals surface area contributed by atoms with Crippen molar-refractivity contribution in [2.75, 3.05) is 52.4 Å². The maximum atomic E-state index is 13.0. The van der Waals surface area contributed by atoms with Gasteiger partial charge in [-0.1, -0.05) is 72.8 Å². The SMILES string of the molecule is O=C1NCCN(CCc2ccccc2)[C@@H]1CC(=O)N1CCN(C/C=C/c2ccccc2)CC1. The fourth-order valence-electron chi connectivity index (χ4n) is 4.55. The molecule has 2 heterocycles. The molecule has 2 fully saturated rings. The minimum atomic E-state index is -0.373. The maximum absolute atomic E-state index is 13.0. The van der Waals surface area contributed by atoms with Crippen molar-refractivity contribution >= 4 is 17.9 Å². The summed E-state index contributed by atoms with van der Waals surface area (Å²) in [6.07, 6.45) is 5.47. The Morgan fingerprint density at radius 3 is 2.36 bits per heavy atom. The second-order valence-corrected chi connectivity index (χ2v) is 8.78. The third kappa shape index (κ3) is 6.76. The molecule has 4 rings (SSSR count). The van der Waals surface area contributed by atoms with E-state index in [1.54, 1.807) is 0 Å². The summed E-state index contributed by atoms with van der Waals surface area (Å²) in [7, 11) is 0. The molecule has 0 radical (unpaired) electrons. The number of hydrogen-bond donors (Lipinski definition) is 1. The van der Waals surface area contributed by atoms with Crippen LogP contribution in [0.25, 0.3) is 6.08 Å². The highest BCUT2D eigenvalue weighted by molar-refractivity contribution is 5.88. The van der Waals surface area contributed by atoms with Gasteiger partial charge in [0.1, 0.15) is 0 Å². The molecule has 0 aromatic heterocycles. The van der Waals surface area contributed by atoms with E-state index < -0.39 is 0 Å². The summed E-state index contributed by atoms with van der Waals surface area (Å²) in [4.78, 5) is 32.1. The Hall–Kier alpha value is -2.96. The molecule has 2 aromatic rings. The summed E-state index contributed by atoms with van der Waals surface area (Å²) in [5.41, 5.74) is 2.46. The Morgan fingerprint density at radius 2 is 1.64 bits per heavy atom. The molecular weight excluding hydrogens is 412 g/mol. The Kier molecular flexibility index (Phi) is 8.28. The number of piperazine rings is 2. The van der Waals surface area contributed by atoms with Crippen molar-refractivity contribution in [3.63, 3.8) is 0 Å². The average Bonchev–Trinajstić information content (AvgIpc) is 2.86. The molecule has 0 unspecified atom stereocenters. The van der Waals surface area contributed by atoms with E-state index in [4.69, 9.17) is 0 Å². The first-order valence-corrected chi connectivity index (χ1v) is 12.0. The van der Waals surface area contributed by atoms with Crippen molar-refractivity contribution in [1.82, 2.24) is 20.0 Å². The highest BCUT2D eigenvalue weighted by Gasteiger charge is 2.33. The van der Waals surface area contributed by atoms with Crippen molar-refractivity contribution in [3.05, 3.63) is 77.9 Å². The summed E-state index contributed by atoms with van der Waals surface area (Å²) in [6, 6.07) is 20.2. The first-order chi connectivity index (χ1) is 16.2. The zero-order valence-corrected chi connectivity index (χ0v) is 19.2. The molecule has 2 aliphatic heterocycles. The van der Waals surface area contributed by atoms with Crippen molar-refractivity contribution in [3.8, 4) is 0 Å². The number of nitrogens with zero attached hydrogens (tertiary/aromatic N) is 3. The highest BCUT2D eigenvalue weighted by Crippen LogP contribution is 2.14. The van der Waals surface area contributed by atoms with Crippen molar-refractivity contribution < 1.29 is 9.59 Å². The first kappa shape index (κ1) is 23.2. The number of nitrogens with one attached hydrogen (secondary N) is 1. The van der Waals surface area contributed by atoms with Gasteiger partial charge in [0.05, 0.1) is 12.5 Å². The van der Waals surface area contributed by atoms with Crippen LogP contribution in [-0.2, 0) is 16.0 Å². The fourth-order valence-corrected chi connectivity index (χ4v) is 4.55. The number of rotatable bonds is 8. The molecule has 2 aliphatic rings. The summed E-state index contributed by atoms with van der Waals surface area (Å²) < 4.78 is 0. The standard InChI is InChI=1S/C27H34N4O2/c32-26(31-20-18-29(19-21-31)15-7-12-23-8-3-1-4-9-23)22-25-27(33)28-14-17-30(25)16-13-24-10-5-2-6-11-24/h1-12,25H,13-22H2,(H,28,33)/b12-7+/t25-/m1/s1. The Morgan fingerprint density at radius 1 is 0.939 bits per heavy atom. The number of amides is 2. The van der Waals surface area contributed by atoms with Crippen LogP contribution < -0.4 is 5.32 Å². The van der Waals surface area contributed by atoms with Crippen LogP contribution in [0.2, 0.25) is 0 Å². The largest absolute Gasteiger partial charge is 0.353 e. The van der Waals surface area contributed by atoms with E-state index in [0.29, 0.717) is 6.54 Å². The lowest BCUT2D eigenvalue weighted by Gasteiger charge is -2.38. The molecule has 0 saturated carbocycles. The molecule has 0 aliphatic carbocycles. The first-order valence-electron chi connectivity index (χ1n) is 12.0. The summed E-state index contributed by atoms with van der Waals surface area (Å²) in [6.45, 7) is 6.27. The molecule has 1 atom stereocenters. The molecule has 6 heteroatoms. The topological polar surface area (TPSA) is 55.9 Å². The normalized spacial score (nSPS) is 20.2. The van der Waals surface area contributed by atoms with E-state index in [9.17, 15) is 9.59 Å². The molecular formula is C27H34N4O2. The highest BCUT2D eigenvalue weighted by atomic mass is 16.2. The van der Waals surface area contributed by atoms with E-state index in [-0.39, 0.29) is 24.3 Å². The van der Waals surface area contributed by atoms with E-state index in [1.807, 2.05) is 41.3 Å². The van der Waals surface area contributed by atoms with Crippen molar-refractivity contribution in [2.45, 2.75) is 18.9 Å². The number of carbonyl (C=O) groups is 2. The Labute approximate surface area is 196 Å². The van der Waals surface area contributed by atoms with Gasteiger partial charge in [-0.2, -0.15) is 0 Å². The fraction of sp³-hybridized carbons (Fsp3) is 0.407. The van der Waals surface area contributed by atoms with Crippen LogP contribution in [0.4, 0.5) is 0 Å². The minimum absolute atomic E-state index is 0.0210. The zero-order chi connectivity index (χ0) is 22.9. The van der Waals surface area contributed by atoms with E-state index in [1.165, 1.54) is 11.1 Å². The van der Waals surface area contributed by atoms with Gasteiger partial charge in [0.25, 0.3) is 0 Å². The molecule has 33 heavy (non-hydrogen) atoms. The molecule has 0 bridgehead atoms. The predicted octanol–water partition coefficient (Wildman–Crippen LogP) is 2.28. The van der Waals surface area contributed by atoms with Crippen molar-refractivity contribution in [1.29, 1.82) is 0 Å². The lowest BCUT2D eigenvalue weighted by atomic mass is 10.1. The Bertz CT molecular complexity index is 924. The molecule has 2 aromatic carbocycles. The van der Waals surface area contributed by atoms with Crippen LogP contribution in [0.5, 0.6) is 0 Å². The lowest BCUT2D eigenvalue weighted by Crippen LogP contribution is -2.58. The summed E-state index contributed by atoms with van der Waals surface area (Å²) in [5.74, 6) is 0.0635. The summed E-state index contributed by atoms with van der Waals surface area (Å²) in [5, 5.41) is 2.95. The number of hydrogen-bond acceptors (Lipinski definition) is 4. The predicted molar refractivity (Wildman–Crippen MR) is 132 cm³/mol. The van der Waals surface area contributed by atoms with Gasteiger partial charge in [-0.3, -0.25) is 19.4 Å². The summed E-state index contributed by atoms with van der Waals surface area (Å²) >= 11 is 0. The van der Waals surface area contributed by atoms with Gasteiger partial charge >= 0.3 is 0 Å². The molecule has 1 N–H and O–H groups in total. The van der Waals surface area contributed by atoms with E-state index >= 15 is 0 Å². The quantitative estimate of drug-likeness (QED) is 0.676. The second kappa shape index (κ2) is 11.8. The average molecular weight is 447 g/mol. The van der Waals surface area contributed by atoms with Crippen LogP contribution in [0.15, 0.2) is 66.7 Å². The van der Waals surface area contributed by atoms with Crippen LogP contribution in [0.3, 0.4) is 0 Å². The van der Waals surface area contributed by atoms with Crippen LogP contribution >= 0.6 is 0 Å². The third-order valence-electron chi connectivity index (χ3n) is 6.54. The second-order valence-electron chi connectivity index (χ2n) is 8.78. The zero-order valence-electron chi connectivity index (χ0n) is 19.2. The van der Waals surface area contributed by atoms with Crippen molar-refractivity contribution in [2.24, 2.45) is 0 Å². The van der Waals surface area contributed by atoms with Gasteiger partial charge in [-0.15, -0.1) is 0 Å². The molecule has 0 spiro atoms. The van der Waals surface area contributed by atoms with E-state index in [2.05, 4.69) is 51.5 Å².